The molecule has 12 heavy (non-hydrogen) atoms. The number of aliphatic hydroxyl groups excluding tert-OH is 2. The van der Waals surface area contributed by atoms with E-state index in [1.54, 1.807) is 13.8 Å². The van der Waals surface area contributed by atoms with Gasteiger partial charge in [0.1, 0.15) is 0 Å². The molecule has 0 aromatic heterocycles. The van der Waals surface area contributed by atoms with E-state index in [9.17, 15) is 15.0 Å². The van der Waals surface area contributed by atoms with Crippen molar-refractivity contribution in [1.29, 1.82) is 0 Å². The van der Waals surface area contributed by atoms with Gasteiger partial charge >= 0.3 is 0 Å². The maximum atomic E-state index is 11.2. The molecule has 0 unspecified atom stereocenters. The Morgan fingerprint density at radius 2 is 2.00 bits per heavy atom. The van der Waals surface area contributed by atoms with Crippen molar-refractivity contribution in [3.05, 3.63) is 22.7 Å². The second kappa shape index (κ2) is 3.01. The molecule has 3 nitrogen and oxygen atoms in total. The lowest BCUT2D eigenvalue weighted by Crippen LogP contribution is -2.01. The number of hydrogen-bond donors (Lipinski definition) is 2. The van der Waals surface area contributed by atoms with Crippen molar-refractivity contribution in [3.63, 3.8) is 0 Å². The van der Waals surface area contributed by atoms with Crippen LogP contribution in [0.3, 0.4) is 0 Å². The van der Waals surface area contributed by atoms with E-state index >= 15 is 0 Å². The summed E-state index contributed by atoms with van der Waals surface area (Å²) in [4.78, 5) is 11.2. The summed E-state index contributed by atoms with van der Waals surface area (Å²) in [6.07, 6.45) is 0.740. The van der Waals surface area contributed by atoms with Crippen LogP contribution in [0.5, 0.6) is 0 Å². The summed E-state index contributed by atoms with van der Waals surface area (Å²) in [5, 5.41) is 18.5. The molecule has 3 heteroatoms. The number of allylic oxidation sites excluding steroid dienone is 2. The highest BCUT2D eigenvalue weighted by Gasteiger charge is 2.24. The summed E-state index contributed by atoms with van der Waals surface area (Å²) in [6.45, 7) is 3.43. The Morgan fingerprint density at radius 1 is 1.42 bits per heavy atom. The zero-order chi connectivity index (χ0) is 9.30. The number of rotatable bonds is 2. The van der Waals surface area contributed by atoms with Gasteiger partial charge < -0.3 is 10.2 Å². The first-order valence-corrected chi connectivity index (χ1v) is 3.92. The molecule has 2 N–H and O–H groups in total. The van der Waals surface area contributed by atoms with Gasteiger partial charge in [-0.1, -0.05) is 6.92 Å². The number of ketones is 1. The Bertz CT molecular complexity index is 284. The molecular formula is C9H12O3. The molecule has 0 bridgehead atoms. The molecule has 66 valence electrons. The smallest absolute Gasteiger partial charge is 0.164 e. The van der Waals surface area contributed by atoms with E-state index in [0.717, 1.165) is 0 Å². The van der Waals surface area contributed by atoms with Crippen molar-refractivity contribution in [2.24, 2.45) is 0 Å². The Balaban J connectivity index is 2.94. The number of carbonyl (C=O) groups excluding carboxylic acids is 1. The zero-order valence-corrected chi connectivity index (χ0v) is 7.22. The summed E-state index contributed by atoms with van der Waals surface area (Å²) in [7, 11) is 0. The molecule has 0 aliphatic heterocycles. The fraction of sp³-hybridized carbons (Fsp3) is 0.444. The van der Waals surface area contributed by atoms with Crippen LogP contribution in [0.1, 0.15) is 26.7 Å². The fourth-order valence-corrected chi connectivity index (χ4v) is 1.22. The number of carbonyl (C=O) groups is 1. The molecule has 0 saturated heterocycles. The molecule has 0 aromatic rings. The van der Waals surface area contributed by atoms with E-state index in [1.165, 1.54) is 0 Å². The second-order valence-electron chi connectivity index (χ2n) is 2.91. The summed E-state index contributed by atoms with van der Waals surface area (Å²) < 4.78 is 0. The highest BCUT2D eigenvalue weighted by Crippen LogP contribution is 2.29. The number of Topliss-reactive ketones (excluding diaryl/α,β-unsaturated/α-hetero) is 1. The average Bonchev–Trinajstić information content (AvgIpc) is 2.32. The highest BCUT2D eigenvalue weighted by atomic mass is 16.3. The highest BCUT2D eigenvalue weighted by molar-refractivity contribution is 5.97. The van der Waals surface area contributed by atoms with Gasteiger partial charge in [-0.3, -0.25) is 4.79 Å². The van der Waals surface area contributed by atoms with E-state index in [2.05, 4.69) is 0 Å². The maximum Gasteiger partial charge on any atom is 0.164 e. The SMILES string of the molecule is CCC(=O)C1=C(O)C(O)=C(C)C1. The minimum absolute atomic E-state index is 0.101. The number of aliphatic hydroxyl groups is 2. The van der Waals surface area contributed by atoms with Gasteiger partial charge in [0.25, 0.3) is 0 Å². The largest absolute Gasteiger partial charge is 0.504 e. The molecule has 1 rings (SSSR count). The van der Waals surface area contributed by atoms with Gasteiger partial charge in [-0.15, -0.1) is 0 Å². The van der Waals surface area contributed by atoms with Gasteiger partial charge in [0, 0.05) is 18.4 Å². The van der Waals surface area contributed by atoms with Gasteiger partial charge in [0.05, 0.1) is 0 Å². The van der Waals surface area contributed by atoms with Crippen LogP contribution in [0.4, 0.5) is 0 Å². The second-order valence-corrected chi connectivity index (χ2v) is 2.91. The molecule has 0 atom stereocenters. The lowest BCUT2D eigenvalue weighted by atomic mass is 10.1. The summed E-state index contributed by atoms with van der Waals surface area (Å²) >= 11 is 0. The molecule has 0 amide bonds. The van der Waals surface area contributed by atoms with E-state index < -0.39 is 0 Å². The molecule has 1 aliphatic carbocycles. The maximum absolute atomic E-state index is 11.2. The van der Waals surface area contributed by atoms with Gasteiger partial charge in [-0.05, 0) is 12.5 Å². The third-order valence-corrected chi connectivity index (χ3v) is 2.01. The molecular weight excluding hydrogens is 156 g/mol. The van der Waals surface area contributed by atoms with Crippen molar-refractivity contribution in [2.45, 2.75) is 26.7 Å². The standard InChI is InChI=1S/C9H12O3/c1-3-7(10)6-4-5(2)8(11)9(6)12/h11-12H,3-4H2,1-2H3. The lowest BCUT2D eigenvalue weighted by molar-refractivity contribution is -0.115. The molecule has 0 heterocycles. The first-order valence-electron chi connectivity index (χ1n) is 3.92. The van der Waals surface area contributed by atoms with Crippen LogP contribution in [0.15, 0.2) is 22.7 Å². The van der Waals surface area contributed by atoms with E-state index in [-0.39, 0.29) is 17.3 Å². The van der Waals surface area contributed by atoms with Crippen molar-refractivity contribution in [3.8, 4) is 0 Å². The average molecular weight is 168 g/mol. The first kappa shape index (κ1) is 8.84. The molecule has 1 aliphatic rings. The van der Waals surface area contributed by atoms with Gasteiger partial charge in [-0.2, -0.15) is 0 Å². The van der Waals surface area contributed by atoms with Gasteiger partial charge in [0.15, 0.2) is 17.3 Å². The lowest BCUT2D eigenvalue weighted by Gasteiger charge is -1.98. The monoisotopic (exact) mass is 168 g/mol. The third kappa shape index (κ3) is 1.22. The van der Waals surface area contributed by atoms with E-state index in [0.29, 0.717) is 24.0 Å². The van der Waals surface area contributed by atoms with Crippen LogP contribution in [0.25, 0.3) is 0 Å². The minimum Gasteiger partial charge on any atom is -0.504 e. The van der Waals surface area contributed by atoms with Gasteiger partial charge in [-0.25, -0.2) is 0 Å². The number of hydrogen-bond acceptors (Lipinski definition) is 3. The van der Waals surface area contributed by atoms with Crippen molar-refractivity contribution in [2.75, 3.05) is 0 Å². The van der Waals surface area contributed by atoms with Gasteiger partial charge in [0.2, 0.25) is 0 Å². The van der Waals surface area contributed by atoms with E-state index in [4.69, 9.17) is 0 Å². The summed E-state index contributed by atoms with van der Waals surface area (Å²) in [6, 6.07) is 0. The predicted molar refractivity (Wildman–Crippen MR) is 44.9 cm³/mol. The quantitative estimate of drug-likeness (QED) is 0.663. The fourth-order valence-electron chi connectivity index (χ4n) is 1.22. The van der Waals surface area contributed by atoms with E-state index in [1.807, 2.05) is 0 Å². The van der Waals surface area contributed by atoms with Crippen molar-refractivity contribution < 1.29 is 15.0 Å². The zero-order valence-electron chi connectivity index (χ0n) is 7.22. The van der Waals surface area contributed by atoms with Crippen LogP contribution in [0, 0.1) is 0 Å². The van der Waals surface area contributed by atoms with Crippen LogP contribution in [-0.2, 0) is 4.79 Å². The normalized spacial score (nSPS) is 17.5. The van der Waals surface area contributed by atoms with Crippen molar-refractivity contribution >= 4 is 5.78 Å². The molecule has 0 spiro atoms. The van der Waals surface area contributed by atoms with Crippen LogP contribution < -0.4 is 0 Å². The van der Waals surface area contributed by atoms with Crippen LogP contribution in [0.2, 0.25) is 0 Å². The Labute approximate surface area is 71.0 Å². The molecule has 0 fully saturated rings. The Morgan fingerprint density at radius 3 is 2.33 bits per heavy atom. The minimum atomic E-state index is -0.237. The first-order chi connectivity index (χ1) is 5.57. The molecule has 0 aromatic carbocycles. The Hall–Kier alpha value is -1.25. The van der Waals surface area contributed by atoms with Crippen LogP contribution in [-0.4, -0.2) is 16.0 Å². The topological polar surface area (TPSA) is 57.5 Å². The van der Waals surface area contributed by atoms with Crippen LogP contribution >= 0.6 is 0 Å². The summed E-state index contributed by atoms with van der Waals surface area (Å²) in [5.41, 5.74) is 0.997. The molecule has 0 saturated carbocycles. The Kier molecular flexibility index (Phi) is 2.22. The third-order valence-electron chi connectivity index (χ3n) is 2.01. The van der Waals surface area contributed by atoms with Crippen molar-refractivity contribution in [1.82, 2.24) is 0 Å². The summed E-state index contributed by atoms with van der Waals surface area (Å²) in [5.74, 6) is -0.470. The molecule has 0 radical (unpaired) electrons. The predicted octanol–water partition coefficient (Wildman–Crippen LogP) is 2.01.